The number of carbonyl (C=O) groups is 1. The van der Waals surface area contributed by atoms with Crippen molar-refractivity contribution in [3.63, 3.8) is 0 Å². The van der Waals surface area contributed by atoms with Crippen molar-refractivity contribution in [2.45, 2.75) is 26.1 Å². The van der Waals surface area contributed by atoms with Gasteiger partial charge >= 0.3 is 6.18 Å². The summed E-state index contributed by atoms with van der Waals surface area (Å²) in [6, 6.07) is 11.1. The van der Waals surface area contributed by atoms with Gasteiger partial charge in [-0.1, -0.05) is 18.2 Å². The van der Waals surface area contributed by atoms with Gasteiger partial charge in [0.05, 0.1) is 17.4 Å². The van der Waals surface area contributed by atoms with E-state index in [1.165, 1.54) is 30.3 Å². The van der Waals surface area contributed by atoms with Crippen molar-refractivity contribution < 1.29 is 22.7 Å². The van der Waals surface area contributed by atoms with Crippen LogP contribution < -0.4 is 10.1 Å². The topological polar surface area (TPSA) is 38.3 Å². The average molecular weight is 323 g/mol. The molecule has 0 aliphatic rings. The summed E-state index contributed by atoms with van der Waals surface area (Å²) in [4.78, 5) is 12.2. The molecule has 0 fully saturated rings. The lowest BCUT2D eigenvalue weighted by molar-refractivity contribution is -0.136. The van der Waals surface area contributed by atoms with Crippen molar-refractivity contribution in [2.75, 3.05) is 5.32 Å². The molecule has 0 aliphatic heterocycles. The van der Waals surface area contributed by atoms with E-state index in [1.807, 2.05) is 13.8 Å². The Morgan fingerprint density at radius 1 is 1.09 bits per heavy atom. The monoisotopic (exact) mass is 323 g/mol. The Morgan fingerprint density at radius 2 is 1.78 bits per heavy atom. The molecule has 0 atom stereocenters. The molecule has 122 valence electrons. The minimum atomic E-state index is -4.54. The van der Waals surface area contributed by atoms with Crippen LogP contribution in [0.2, 0.25) is 0 Å². The highest BCUT2D eigenvalue weighted by Gasteiger charge is 2.33. The van der Waals surface area contributed by atoms with Gasteiger partial charge in [-0.05, 0) is 44.2 Å². The van der Waals surface area contributed by atoms with E-state index in [4.69, 9.17) is 4.74 Å². The summed E-state index contributed by atoms with van der Waals surface area (Å²) in [6.07, 6.45) is -4.61. The molecule has 0 radical (unpaired) electrons. The van der Waals surface area contributed by atoms with Gasteiger partial charge in [0.15, 0.2) is 0 Å². The Bertz CT molecular complexity index is 696. The lowest BCUT2D eigenvalue weighted by Gasteiger charge is -2.14. The molecule has 1 N–H and O–H groups in total. The number of carbonyl (C=O) groups excluding carboxylic acids is 1. The first-order chi connectivity index (χ1) is 10.8. The van der Waals surface area contributed by atoms with E-state index in [9.17, 15) is 18.0 Å². The summed E-state index contributed by atoms with van der Waals surface area (Å²) in [5.74, 6) is -0.146. The Kier molecular flexibility index (Phi) is 4.93. The van der Waals surface area contributed by atoms with Gasteiger partial charge in [0.25, 0.3) is 5.91 Å². The maximum atomic E-state index is 12.9. The van der Waals surface area contributed by atoms with Crippen LogP contribution in [0.25, 0.3) is 0 Å². The van der Waals surface area contributed by atoms with Crippen LogP contribution in [0.4, 0.5) is 18.9 Å². The number of nitrogens with one attached hydrogen (secondary N) is 1. The summed E-state index contributed by atoms with van der Waals surface area (Å²) >= 11 is 0. The van der Waals surface area contributed by atoms with Gasteiger partial charge in [0.1, 0.15) is 5.75 Å². The van der Waals surface area contributed by atoms with Crippen molar-refractivity contribution >= 4 is 11.6 Å². The first-order valence-corrected chi connectivity index (χ1v) is 7.01. The van der Waals surface area contributed by atoms with Crippen molar-refractivity contribution in [1.82, 2.24) is 0 Å². The molecular weight excluding hydrogens is 307 g/mol. The van der Waals surface area contributed by atoms with E-state index in [0.717, 1.165) is 6.07 Å². The number of rotatable bonds is 4. The van der Waals surface area contributed by atoms with Crippen LogP contribution in [-0.2, 0) is 6.18 Å². The quantitative estimate of drug-likeness (QED) is 0.882. The zero-order chi connectivity index (χ0) is 17.0. The normalized spacial score (nSPS) is 11.4. The molecule has 0 saturated carbocycles. The Balaban J connectivity index is 2.23. The van der Waals surface area contributed by atoms with E-state index >= 15 is 0 Å². The third-order valence-electron chi connectivity index (χ3n) is 2.95. The number of amides is 1. The molecule has 0 saturated heterocycles. The van der Waals surface area contributed by atoms with Crippen molar-refractivity contribution in [3.05, 3.63) is 59.7 Å². The molecule has 0 spiro atoms. The van der Waals surface area contributed by atoms with Gasteiger partial charge in [-0.15, -0.1) is 0 Å². The SMILES string of the molecule is CC(C)Oc1cccc(C(=O)Nc2ccccc2C(F)(F)F)c1. The highest BCUT2D eigenvalue weighted by molar-refractivity contribution is 6.04. The number of hydrogen-bond acceptors (Lipinski definition) is 2. The largest absolute Gasteiger partial charge is 0.491 e. The molecule has 0 unspecified atom stereocenters. The number of ether oxygens (including phenoxy) is 1. The fourth-order valence-electron chi connectivity index (χ4n) is 2.02. The number of benzene rings is 2. The van der Waals surface area contributed by atoms with Gasteiger partial charge in [-0.3, -0.25) is 4.79 Å². The van der Waals surface area contributed by atoms with E-state index < -0.39 is 17.6 Å². The van der Waals surface area contributed by atoms with Crippen molar-refractivity contribution in [2.24, 2.45) is 0 Å². The molecule has 3 nitrogen and oxygen atoms in total. The molecule has 6 heteroatoms. The number of para-hydroxylation sites is 1. The predicted molar refractivity (Wildman–Crippen MR) is 81.6 cm³/mol. The highest BCUT2D eigenvalue weighted by Crippen LogP contribution is 2.34. The van der Waals surface area contributed by atoms with Crippen LogP contribution in [0.15, 0.2) is 48.5 Å². The molecular formula is C17H16F3NO2. The Hall–Kier alpha value is -2.50. The first kappa shape index (κ1) is 16.9. The lowest BCUT2D eigenvalue weighted by atomic mass is 10.1. The molecule has 2 aromatic carbocycles. The zero-order valence-electron chi connectivity index (χ0n) is 12.6. The molecule has 2 aromatic rings. The third-order valence-corrected chi connectivity index (χ3v) is 2.95. The molecule has 0 aliphatic carbocycles. The van der Waals surface area contributed by atoms with Gasteiger partial charge in [-0.2, -0.15) is 13.2 Å². The molecule has 2 rings (SSSR count). The summed E-state index contributed by atoms with van der Waals surface area (Å²) in [7, 11) is 0. The second kappa shape index (κ2) is 6.73. The van der Waals surface area contributed by atoms with Crippen LogP contribution in [0, 0.1) is 0 Å². The maximum absolute atomic E-state index is 12.9. The predicted octanol–water partition coefficient (Wildman–Crippen LogP) is 4.74. The summed E-state index contributed by atoms with van der Waals surface area (Å²) < 4.78 is 44.3. The average Bonchev–Trinajstić information content (AvgIpc) is 2.46. The lowest BCUT2D eigenvalue weighted by Crippen LogP contribution is -2.16. The van der Waals surface area contributed by atoms with Gasteiger partial charge in [0, 0.05) is 5.56 Å². The van der Waals surface area contributed by atoms with Crippen molar-refractivity contribution in [1.29, 1.82) is 0 Å². The first-order valence-electron chi connectivity index (χ1n) is 7.01. The zero-order valence-corrected chi connectivity index (χ0v) is 12.6. The summed E-state index contributed by atoms with van der Waals surface area (Å²) in [5, 5.41) is 2.30. The Labute approximate surface area is 132 Å². The Morgan fingerprint density at radius 3 is 2.43 bits per heavy atom. The highest BCUT2D eigenvalue weighted by atomic mass is 19.4. The minimum Gasteiger partial charge on any atom is -0.491 e. The third kappa shape index (κ3) is 4.48. The van der Waals surface area contributed by atoms with Gasteiger partial charge < -0.3 is 10.1 Å². The second-order valence-corrected chi connectivity index (χ2v) is 5.19. The van der Waals surface area contributed by atoms with Crippen LogP contribution in [0.5, 0.6) is 5.75 Å². The van der Waals surface area contributed by atoms with Gasteiger partial charge in [-0.25, -0.2) is 0 Å². The molecule has 1 amide bonds. The number of alkyl halides is 3. The molecule has 0 bridgehead atoms. The number of hydrogen-bond donors (Lipinski definition) is 1. The standard InChI is InChI=1S/C17H16F3NO2/c1-11(2)23-13-7-5-6-12(10-13)16(22)21-15-9-4-3-8-14(15)17(18,19)20/h3-11H,1-2H3,(H,21,22). The van der Waals surface area contributed by atoms with Crippen LogP contribution in [0.1, 0.15) is 29.8 Å². The smallest absolute Gasteiger partial charge is 0.418 e. The minimum absolute atomic E-state index is 0.0701. The maximum Gasteiger partial charge on any atom is 0.418 e. The molecule has 23 heavy (non-hydrogen) atoms. The second-order valence-electron chi connectivity index (χ2n) is 5.19. The number of halogens is 3. The summed E-state index contributed by atoms with van der Waals surface area (Å²) in [5.41, 5.74) is -0.941. The van der Waals surface area contributed by atoms with Crippen LogP contribution in [0.3, 0.4) is 0 Å². The van der Waals surface area contributed by atoms with Crippen LogP contribution in [-0.4, -0.2) is 12.0 Å². The van der Waals surface area contributed by atoms with E-state index in [0.29, 0.717) is 5.75 Å². The van der Waals surface area contributed by atoms with Crippen LogP contribution >= 0.6 is 0 Å². The van der Waals surface area contributed by atoms with E-state index in [1.54, 1.807) is 12.1 Å². The molecule has 0 heterocycles. The summed E-state index contributed by atoms with van der Waals surface area (Å²) in [6.45, 7) is 3.68. The fourth-order valence-corrected chi connectivity index (χ4v) is 2.02. The molecule has 0 aromatic heterocycles. The van der Waals surface area contributed by atoms with E-state index in [2.05, 4.69) is 5.32 Å². The van der Waals surface area contributed by atoms with E-state index in [-0.39, 0.29) is 17.4 Å². The number of anilines is 1. The fraction of sp³-hybridized carbons (Fsp3) is 0.235. The van der Waals surface area contributed by atoms with Gasteiger partial charge in [0.2, 0.25) is 0 Å². The van der Waals surface area contributed by atoms with Crippen molar-refractivity contribution in [3.8, 4) is 5.75 Å².